The summed E-state index contributed by atoms with van der Waals surface area (Å²) in [5, 5.41) is 14.9. The molecule has 60 heavy (non-hydrogen) atoms. The van der Waals surface area contributed by atoms with E-state index in [1.165, 1.54) is 75.8 Å². The van der Waals surface area contributed by atoms with E-state index in [4.69, 9.17) is 0 Å². The van der Waals surface area contributed by atoms with E-state index >= 15 is 0 Å². The van der Waals surface area contributed by atoms with Crippen molar-refractivity contribution in [1.82, 2.24) is 0 Å². The molecule has 0 atom stereocenters. The van der Waals surface area contributed by atoms with Gasteiger partial charge in [-0.2, -0.15) is 0 Å². The molecule has 0 N–H and O–H groups in total. The van der Waals surface area contributed by atoms with E-state index in [2.05, 4.69) is 240 Å². The first-order chi connectivity index (χ1) is 29.7. The molecule has 0 saturated heterocycles. The first-order valence-electron chi connectivity index (χ1n) is 20.7. The zero-order valence-corrected chi connectivity index (χ0v) is 32.8. The summed E-state index contributed by atoms with van der Waals surface area (Å²) in [6.45, 7) is 0. The summed E-state index contributed by atoms with van der Waals surface area (Å²) in [5.74, 6) is 0. The lowest BCUT2D eigenvalue weighted by molar-refractivity contribution is 1.29. The summed E-state index contributed by atoms with van der Waals surface area (Å²) >= 11 is 0. The van der Waals surface area contributed by atoms with Crippen LogP contribution in [0.1, 0.15) is 0 Å². The van der Waals surface area contributed by atoms with Gasteiger partial charge < -0.3 is 9.80 Å². The molecule has 0 aromatic heterocycles. The summed E-state index contributed by atoms with van der Waals surface area (Å²) in [5.41, 5.74) is 9.25. The quantitative estimate of drug-likeness (QED) is 0.149. The van der Waals surface area contributed by atoms with Gasteiger partial charge in [-0.1, -0.05) is 170 Å². The number of benzene rings is 12. The Labute approximate surface area is 348 Å². The highest BCUT2D eigenvalue weighted by molar-refractivity contribution is 6.28. The van der Waals surface area contributed by atoms with Crippen molar-refractivity contribution in [2.75, 3.05) is 9.80 Å². The van der Waals surface area contributed by atoms with E-state index in [9.17, 15) is 0 Å². The van der Waals surface area contributed by atoms with Crippen molar-refractivity contribution in [1.29, 1.82) is 0 Å². The van der Waals surface area contributed by atoms with Crippen LogP contribution in [0.4, 0.5) is 34.1 Å². The van der Waals surface area contributed by atoms with E-state index in [0.29, 0.717) is 0 Å². The largest absolute Gasteiger partial charge is 0.310 e. The van der Waals surface area contributed by atoms with Gasteiger partial charge in [0.1, 0.15) is 0 Å². The zero-order chi connectivity index (χ0) is 39.6. The first-order valence-corrected chi connectivity index (χ1v) is 20.7. The summed E-state index contributed by atoms with van der Waals surface area (Å²) in [6, 6.07) is 84.4. The van der Waals surface area contributed by atoms with Crippen molar-refractivity contribution in [3.63, 3.8) is 0 Å². The van der Waals surface area contributed by atoms with Crippen molar-refractivity contribution in [3.05, 3.63) is 231 Å². The monoisotopic (exact) mass is 762 g/mol. The molecule has 0 bridgehead atoms. The third-order valence-corrected chi connectivity index (χ3v) is 12.3. The van der Waals surface area contributed by atoms with Crippen LogP contribution in [-0.4, -0.2) is 0 Å². The maximum atomic E-state index is 2.47. The topological polar surface area (TPSA) is 6.48 Å². The van der Waals surface area contributed by atoms with Gasteiger partial charge in [0.2, 0.25) is 0 Å². The number of nitrogens with zero attached hydrogens (tertiary/aromatic N) is 2. The highest BCUT2D eigenvalue weighted by atomic mass is 15.1. The van der Waals surface area contributed by atoms with Gasteiger partial charge >= 0.3 is 0 Å². The Morgan fingerprint density at radius 2 is 0.717 bits per heavy atom. The Bertz CT molecular complexity index is 3550. The Kier molecular flexibility index (Phi) is 7.89. The lowest BCUT2D eigenvalue weighted by Crippen LogP contribution is -2.11. The summed E-state index contributed by atoms with van der Waals surface area (Å²) in [7, 11) is 0. The number of hydrogen-bond donors (Lipinski definition) is 0. The van der Waals surface area contributed by atoms with Crippen LogP contribution in [-0.2, 0) is 0 Å². The summed E-state index contributed by atoms with van der Waals surface area (Å²) in [4.78, 5) is 4.81. The molecular weight excluding hydrogens is 725 g/mol. The third kappa shape index (κ3) is 5.57. The van der Waals surface area contributed by atoms with E-state index < -0.39 is 0 Å². The molecule has 0 amide bonds. The number of para-hydroxylation sites is 1. The number of hydrogen-bond acceptors (Lipinski definition) is 2. The molecule has 0 aliphatic heterocycles. The molecule has 0 aliphatic rings. The summed E-state index contributed by atoms with van der Waals surface area (Å²) < 4.78 is 0. The van der Waals surface area contributed by atoms with Gasteiger partial charge in [-0.25, -0.2) is 0 Å². The van der Waals surface area contributed by atoms with Crippen molar-refractivity contribution in [2.45, 2.75) is 0 Å². The van der Waals surface area contributed by atoms with Gasteiger partial charge in [-0.3, -0.25) is 0 Å². The molecule has 0 radical (unpaired) electrons. The Morgan fingerprint density at radius 3 is 1.43 bits per heavy atom. The first kappa shape index (κ1) is 34.1. The number of fused-ring (bicyclic) bond motifs is 3. The standard InChI is InChI=1S/C58H38N2/c1-2-17-47(18-3-1)59(49-31-21-39-11-4-6-14-45(39)37-49)48-29-23-42(24-30-48)51-33-25-43-27-35-54-56(36-28-44-26-34-53(51)57(43)58(44)54)60(50-32-22-40-12-5-7-15-46(40)38-50)55-20-10-16-41-13-8-9-19-52(41)55/h1-38H. The van der Waals surface area contributed by atoms with Crippen LogP contribution in [0.5, 0.6) is 0 Å². The van der Waals surface area contributed by atoms with Gasteiger partial charge in [0.15, 0.2) is 0 Å². The molecule has 0 saturated carbocycles. The minimum absolute atomic E-state index is 1.12. The number of rotatable bonds is 7. The second-order valence-electron chi connectivity index (χ2n) is 15.7. The maximum Gasteiger partial charge on any atom is 0.0540 e. The van der Waals surface area contributed by atoms with Gasteiger partial charge in [-0.15, -0.1) is 0 Å². The minimum atomic E-state index is 1.12. The second-order valence-corrected chi connectivity index (χ2v) is 15.7. The van der Waals surface area contributed by atoms with Crippen LogP contribution in [0.15, 0.2) is 231 Å². The Hall–Kier alpha value is -7.94. The van der Waals surface area contributed by atoms with Gasteiger partial charge in [-0.05, 0) is 126 Å². The molecule has 2 heteroatoms. The van der Waals surface area contributed by atoms with Crippen molar-refractivity contribution in [3.8, 4) is 11.1 Å². The highest BCUT2D eigenvalue weighted by Crippen LogP contribution is 2.47. The van der Waals surface area contributed by atoms with Crippen molar-refractivity contribution in [2.24, 2.45) is 0 Å². The predicted octanol–water partition coefficient (Wildman–Crippen LogP) is 16.7. The van der Waals surface area contributed by atoms with E-state index in [-0.39, 0.29) is 0 Å². The third-order valence-electron chi connectivity index (χ3n) is 12.3. The van der Waals surface area contributed by atoms with Crippen molar-refractivity contribution >= 4 is 98.8 Å². The van der Waals surface area contributed by atoms with Crippen molar-refractivity contribution < 1.29 is 0 Å². The predicted molar refractivity (Wildman–Crippen MR) is 257 cm³/mol. The van der Waals surface area contributed by atoms with Crippen LogP contribution in [0.3, 0.4) is 0 Å². The fraction of sp³-hybridized carbons (Fsp3) is 0. The van der Waals surface area contributed by atoms with Crippen LogP contribution in [0.2, 0.25) is 0 Å². The fourth-order valence-electron chi connectivity index (χ4n) is 9.49. The Balaban J connectivity index is 1.02. The van der Waals surface area contributed by atoms with Gasteiger partial charge in [0, 0.05) is 33.5 Å². The molecule has 0 fully saturated rings. The van der Waals surface area contributed by atoms with Gasteiger partial charge in [0.05, 0.1) is 11.4 Å². The molecule has 2 nitrogen and oxygen atoms in total. The molecule has 0 heterocycles. The number of anilines is 6. The van der Waals surface area contributed by atoms with Crippen LogP contribution in [0, 0.1) is 0 Å². The molecular formula is C58H38N2. The average molecular weight is 763 g/mol. The zero-order valence-electron chi connectivity index (χ0n) is 32.8. The lowest BCUT2D eigenvalue weighted by atomic mass is 9.89. The average Bonchev–Trinajstić information content (AvgIpc) is 3.32. The Morgan fingerprint density at radius 1 is 0.233 bits per heavy atom. The van der Waals surface area contributed by atoms with Crippen LogP contribution in [0.25, 0.3) is 75.8 Å². The molecule has 12 rings (SSSR count). The smallest absolute Gasteiger partial charge is 0.0540 e. The summed E-state index contributed by atoms with van der Waals surface area (Å²) in [6.07, 6.45) is 0. The normalized spacial score (nSPS) is 11.7. The van der Waals surface area contributed by atoms with E-state index in [1.54, 1.807) is 0 Å². The van der Waals surface area contributed by atoms with E-state index in [1.807, 2.05) is 0 Å². The highest BCUT2D eigenvalue weighted by Gasteiger charge is 2.21. The fourth-order valence-corrected chi connectivity index (χ4v) is 9.49. The van der Waals surface area contributed by atoms with Crippen LogP contribution >= 0.6 is 0 Å². The minimum Gasteiger partial charge on any atom is -0.310 e. The molecule has 12 aromatic carbocycles. The molecule has 280 valence electrons. The molecule has 0 unspecified atom stereocenters. The maximum absolute atomic E-state index is 2.47. The SMILES string of the molecule is c1ccc(N(c2ccc(-c3ccc4ccc5c(N(c6ccc7ccccc7c6)c6cccc7ccccc67)ccc6ccc3c4c65)cc2)c2ccc3ccccc3c2)cc1. The molecule has 12 aromatic rings. The van der Waals surface area contributed by atoms with E-state index in [0.717, 1.165) is 34.1 Å². The molecule has 0 spiro atoms. The molecule has 0 aliphatic carbocycles. The van der Waals surface area contributed by atoms with Gasteiger partial charge in [0.25, 0.3) is 0 Å². The second kappa shape index (κ2) is 13.9. The lowest BCUT2D eigenvalue weighted by Gasteiger charge is -2.29. The van der Waals surface area contributed by atoms with Crippen LogP contribution < -0.4 is 9.80 Å².